The number of carbonyl (C=O) groups excluding carboxylic acids is 1. The van der Waals surface area contributed by atoms with Gasteiger partial charge in [0.2, 0.25) is 0 Å². The van der Waals surface area contributed by atoms with Crippen LogP contribution in [0, 0.1) is 34.5 Å². The van der Waals surface area contributed by atoms with Crippen LogP contribution in [0.1, 0.15) is 189 Å². The van der Waals surface area contributed by atoms with Gasteiger partial charge >= 0.3 is 5.97 Å². The molecule has 0 heterocycles. The van der Waals surface area contributed by atoms with Crippen molar-refractivity contribution in [2.24, 2.45) is 34.5 Å². The Bertz CT molecular complexity index is 1090. The third-order valence-electron chi connectivity index (χ3n) is 13.1. The Morgan fingerprint density at radius 3 is 2.23 bits per heavy atom. The maximum absolute atomic E-state index is 12.8. The van der Waals surface area contributed by atoms with E-state index in [2.05, 4.69) is 71.9 Å². The summed E-state index contributed by atoms with van der Waals surface area (Å²) in [7, 11) is 0. The van der Waals surface area contributed by atoms with Gasteiger partial charge in [0.05, 0.1) is 0 Å². The lowest BCUT2D eigenvalue weighted by Crippen LogP contribution is -2.41. The molecule has 4 aliphatic carbocycles. The second-order valence-electron chi connectivity index (χ2n) is 17.2. The summed E-state index contributed by atoms with van der Waals surface area (Å²) in [6, 6.07) is 0. The van der Waals surface area contributed by atoms with Crippen molar-refractivity contribution in [1.29, 1.82) is 0 Å². The summed E-state index contributed by atoms with van der Waals surface area (Å²) in [5.74, 6) is 3.21. The van der Waals surface area contributed by atoms with Gasteiger partial charge in [0.15, 0.2) is 0 Å². The van der Waals surface area contributed by atoms with Crippen LogP contribution in [0.4, 0.5) is 0 Å². The lowest BCUT2D eigenvalue weighted by atomic mass is 9.54. The first-order valence-electron chi connectivity index (χ1n) is 20.7. The van der Waals surface area contributed by atoms with Crippen LogP contribution in [-0.2, 0) is 9.53 Å². The topological polar surface area (TPSA) is 26.3 Å². The summed E-state index contributed by atoms with van der Waals surface area (Å²) in [5.41, 5.74) is 5.31. The normalized spacial score (nSPS) is 29.2. The summed E-state index contributed by atoms with van der Waals surface area (Å²) in [4.78, 5) is 12.8. The maximum atomic E-state index is 12.8. The number of hydrogen-bond acceptors (Lipinski definition) is 2. The van der Waals surface area contributed by atoms with Crippen LogP contribution in [0.15, 0.2) is 47.1 Å². The molecule has 0 N–H and O–H groups in total. The molecule has 0 saturated heterocycles. The molecule has 4 rings (SSSR count). The minimum Gasteiger partial charge on any atom is -0.462 e. The Morgan fingerprint density at radius 2 is 1.53 bits per heavy atom. The molecule has 2 heteroatoms. The Labute approximate surface area is 291 Å². The Kier molecular flexibility index (Phi) is 15.4. The van der Waals surface area contributed by atoms with Gasteiger partial charge in [0, 0.05) is 18.3 Å². The van der Waals surface area contributed by atoms with E-state index in [1.807, 2.05) is 0 Å². The standard InChI is InChI=1S/C45H74O2/c1-7-8-9-10-11-12-13-14-15-16-17-18-19-20-21-25-43(46)47-38-30-32-44(5)37(34-38)26-27-39-41-29-28-40(36(4)24-22-23-35(2)3)45(41,6)33-31-42(39)44/h14-15,26-27,31,35-36,38,40-41H,7-13,16-25,28-30,32-34H2,1-6H3/t36-,38?,40-,41+,44+,45-/m1/s1. The van der Waals surface area contributed by atoms with Crippen LogP contribution in [0.3, 0.4) is 0 Å². The molecule has 47 heavy (non-hydrogen) atoms. The lowest BCUT2D eigenvalue weighted by molar-refractivity contribution is -0.150. The Morgan fingerprint density at radius 1 is 0.851 bits per heavy atom. The largest absolute Gasteiger partial charge is 0.462 e. The number of allylic oxidation sites excluding steroid dienone is 7. The highest BCUT2D eigenvalue weighted by Crippen LogP contribution is 2.64. The van der Waals surface area contributed by atoms with E-state index >= 15 is 0 Å². The SMILES string of the molecule is CCCCCCCCC=CCCCCCCCC(=O)OC1CC[C@@]2(C)C(=CC=C3C2=CC[C@]2(C)[C@@H]([C@H](C)CCCC(C)C)CC[C@@H]32)C1. The summed E-state index contributed by atoms with van der Waals surface area (Å²) in [6.45, 7) is 14.7. The zero-order chi connectivity index (χ0) is 33.7. The van der Waals surface area contributed by atoms with Crippen LogP contribution >= 0.6 is 0 Å². The van der Waals surface area contributed by atoms with Gasteiger partial charge in [-0.3, -0.25) is 4.79 Å². The predicted octanol–water partition coefficient (Wildman–Crippen LogP) is 13.8. The molecule has 0 amide bonds. The number of rotatable bonds is 21. The molecular formula is C45H74O2. The van der Waals surface area contributed by atoms with Crippen molar-refractivity contribution in [1.82, 2.24) is 0 Å². The Hall–Kier alpha value is -1.57. The summed E-state index contributed by atoms with van der Waals surface area (Å²) in [5, 5.41) is 0. The van der Waals surface area contributed by atoms with Crippen molar-refractivity contribution in [2.75, 3.05) is 0 Å². The molecule has 0 spiro atoms. The van der Waals surface area contributed by atoms with Gasteiger partial charge < -0.3 is 4.74 Å². The highest BCUT2D eigenvalue weighted by Gasteiger charge is 2.54. The molecule has 0 aromatic heterocycles. The van der Waals surface area contributed by atoms with E-state index in [0.29, 0.717) is 17.8 Å². The van der Waals surface area contributed by atoms with E-state index in [4.69, 9.17) is 4.74 Å². The molecular weight excluding hydrogens is 572 g/mol. The van der Waals surface area contributed by atoms with E-state index in [0.717, 1.165) is 49.9 Å². The second-order valence-corrected chi connectivity index (χ2v) is 17.2. The minimum absolute atomic E-state index is 0.0241. The van der Waals surface area contributed by atoms with Crippen LogP contribution in [-0.4, -0.2) is 12.1 Å². The third-order valence-corrected chi connectivity index (χ3v) is 13.1. The van der Waals surface area contributed by atoms with E-state index in [9.17, 15) is 4.79 Å². The molecule has 0 aliphatic heterocycles. The highest BCUT2D eigenvalue weighted by molar-refractivity contribution is 5.69. The molecule has 0 aromatic rings. The van der Waals surface area contributed by atoms with Crippen LogP contribution < -0.4 is 0 Å². The molecule has 0 aromatic carbocycles. The van der Waals surface area contributed by atoms with Gasteiger partial charge in [-0.05, 0) is 104 Å². The first-order chi connectivity index (χ1) is 22.7. The number of unbranched alkanes of at least 4 members (excludes halogenated alkanes) is 11. The van der Waals surface area contributed by atoms with Gasteiger partial charge in [0.25, 0.3) is 0 Å². The molecule has 4 aliphatic rings. The number of esters is 1. The van der Waals surface area contributed by atoms with Crippen molar-refractivity contribution in [2.45, 2.75) is 195 Å². The highest BCUT2D eigenvalue weighted by atomic mass is 16.5. The molecule has 2 fully saturated rings. The third kappa shape index (κ3) is 10.5. The quantitative estimate of drug-likeness (QED) is 0.0704. The fourth-order valence-electron chi connectivity index (χ4n) is 10.0. The van der Waals surface area contributed by atoms with Gasteiger partial charge in [-0.25, -0.2) is 0 Å². The molecule has 2 saturated carbocycles. The average molecular weight is 647 g/mol. The summed E-state index contributed by atoms with van der Waals surface area (Å²) in [6.07, 6.45) is 40.8. The fraction of sp³-hybridized carbons (Fsp3) is 0.800. The lowest BCUT2D eigenvalue weighted by Gasteiger charge is -2.51. The van der Waals surface area contributed by atoms with Crippen molar-refractivity contribution in [3.05, 3.63) is 47.1 Å². The van der Waals surface area contributed by atoms with E-state index in [1.54, 1.807) is 11.1 Å². The number of hydrogen-bond donors (Lipinski definition) is 0. The van der Waals surface area contributed by atoms with E-state index < -0.39 is 0 Å². The molecule has 266 valence electrons. The monoisotopic (exact) mass is 647 g/mol. The maximum Gasteiger partial charge on any atom is 0.306 e. The first-order valence-corrected chi connectivity index (χ1v) is 20.7. The smallest absolute Gasteiger partial charge is 0.306 e. The second kappa shape index (κ2) is 19.0. The van der Waals surface area contributed by atoms with Crippen LogP contribution in [0.25, 0.3) is 0 Å². The molecule has 6 atom stereocenters. The average Bonchev–Trinajstić information content (AvgIpc) is 3.40. The Balaban J connectivity index is 1.15. The molecule has 2 nitrogen and oxygen atoms in total. The summed E-state index contributed by atoms with van der Waals surface area (Å²) < 4.78 is 6.08. The molecule has 0 radical (unpaired) electrons. The van der Waals surface area contributed by atoms with Crippen LogP contribution in [0.5, 0.6) is 0 Å². The van der Waals surface area contributed by atoms with Crippen LogP contribution in [0.2, 0.25) is 0 Å². The number of ether oxygens (including phenoxy) is 1. The van der Waals surface area contributed by atoms with Gasteiger partial charge in [-0.2, -0.15) is 0 Å². The zero-order valence-corrected chi connectivity index (χ0v) is 31.9. The number of fused-ring (bicyclic) bond motifs is 5. The first kappa shape index (κ1) is 38.2. The molecule has 1 unspecified atom stereocenters. The number of carbonyl (C=O) groups is 1. The summed E-state index contributed by atoms with van der Waals surface area (Å²) >= 11 is 0. The zero-order valence-electron chi connectivity index (χ0n) is 31.9. The van der Waals surface area contributed by atoms with Gasteiger partial charge in [0.1, 0.15) is 6.10 Å². The fourth-order valence-corrected chi connectivity index (χ4v) is 10.0. The van der Waals surface area contributed by atoms with E-state index in [-0.39, 0.29) is 17.5 Å². The predicted molar refractivity (Wildman–Crippen MR) is 202 cm³/mol. The minimum atomic E-state index is 0.0241. The molecule has 0 bridgehead atoms. The van der Waals surface area contributed by atoms with E-state index in [1.165, 1.54) is 115 Å². The van der Waals surface area contributed by atoms with Crippen molar-refractivity contribution in [3.63, 3.8) is 0 Å². The van der Waals surface area contributed by atoms with Crippen molar-refractivity contribution in [3.8, 4) is 0 Å². The van der Waals surface area contributed by atoms with Gasteiger partial charge in [-0.1, -0.05) is 148 Å². The van der Waals surface area contributed by atoms with Crippen molar-refractivity contribution < 1.29 is 9.53 Å². The van der Waals surface area contributed by atoms with Crippen molar-refractivity contribution >= 4 is 5.97 Å². The van der Waals surface area contributed by atoms with Gasteiger partial charge in [-0.15, -0.1) is 0 Å².